The Kier molecular flexibility index (Phi) is 10.4. The highest BCUT2D eigenvalue weighted by Crippen LogP contribution is 1.93. The minimum absolute atomic E-state index is 0.285. The molecule has 0 radical (unpaired) electrons. The molecule has 0 rings (SSSR count). The molecule has 0 spiro atoms. The highest BCUT2D eigenvalue weighted by molar-refractivity contribution is 5.79. The Hall–Kier alpha value is -0.650. The summed E-state index contributed by atoms with van der Waals surface area (Å²) in [6, 6.07) is -0.285. The van der Waals surface area contributed by atoms with Gasteiger partial charge in [-0.25, -0.2) is 0 Å². The Morgan fingerprint density at radius 3 is 2.50 bits per heavy atom. The number of carbonyl (C=O) groups is 1. The second-order valence-corrected chi connectivity index (χ2v) is 3.51. The molecule has 3 N–H and O–H groups in total. The van der Waals surface area contributed by atoms with E-state index in [-0.39, 0.29) is 11.9 Å². The van der Waals surface area contributed by atoms with Crippen LogP contribution in [-0.2, 0) is 14.3 Å². The number of carbonyl (C=O) groups excluding carboxylic acids is 1. The van der Waals surface area contributed by atoms with Crippen LogP contribution >= 0.6 is 0 Å². The number of rotatable bonds is 11. The number of hydrogen-bond acceptors (Lipinski definition) is 4. The number of amides is 1. The van der Waals surface area contributed by atoms with Gasteiger partial charge in [-0.15, -0.1) is 0 Å². The lowest BCUT2D eigenvalue weighted by Crippen LogP contribution is -2.42. The molecule has 0 aromatic carbocycles. The van der Waals surface area contributed by atoms with Gasteiger partial charge in [-0.3, -0.25) is 4.79 Å². The average molecular weight is 232 g/mol. The first-order valence-electron chi connectivity index (χ1n) is 5.90. The Morgan fingerprint density at radius 1 is 1.25 bits per heavy atom. The van der Waals surface area contributed by atoms with Crippen molar-refractivity contribution in [2.24, 2.45) is 5.73 Å². The fourth-order valence-electron chi connectivity index (χ4n) is 1.23. The van der Waals surface area contributed by atoms with Gasteiger partial charge in [0.15, 0.2) is 0 Å². The summed E-state index contributed by atoms with van der Waals surface area (Å²) in [5.41, 5.74) is 5.26. The quantitative estimate of drug-likeness (QED) is 0.502. The maximum absolute atomic E-state index is 11.1. The largest absolute Gasteiger partial charge is 0.379 e. The van der Waals surface area contributed by atoms with E-state index in [0.717, 1.165) is 13.0 Å². The molecule has 1 amide bonds. The fourth-order valence-corrected chi connectivity index (χ4v) is 1.23. The van der Waals surface area contributed by atoms with E-state index in [1.54, 1.807) is 0 Å². The summed E-state index contributed by atoms with van der Waals surface area (Å²) < 4.78 is 10.4. The molecule has 16 heavy (non-hydrogen) atoms. The molecule has 0 aliphatic carbocycles. The van der Waals surface area contributed by atoms with E-state index in [1.165, 1.54) is 0 Å². The molecule has 0 heterocycles. The van der Waals surface area contributed by atoms with E-state index in [0.29, 0.717) is 32.8 Å². The number of ether oxygens (including phenoxy) is 2. The zero-order chi connectivity index (χ0) is 12.2. The molecule has 96 valence electrons. The second kappa shape index (κ2) is 10.9. The van der Waals surface area contributed by atoms with Crippen LogP contribution in [0.2, 0.25) is 0 Å². The van der Waals surface area contributed by atoms with Crippen LogP contribution in [0, 0.1) is 0 Å². The molecule has 1 atom stereocenters. The van der Waals surface area contributed by atoms with E-state index in [4.69, 9.17) is 15.2 Å². The lowest BCUT2D eigenvalue weighted by atomic mass is 10.2. The molecule has 5 nitrogen and oxygen atoms in total. The highest BCUT2D eigenvalue weighted by Gasteiger charge is 2.13. The molecular weight excluding hydrogens is 208 g/mol. The molecule has 1 unspecified atom stereocenters. The van der Waals surface area contributed by atoms with E-state index < -0.39 is 0 Å². The Morgan fingerprint density at radius 2 is 1.94 bits per heavy atom. The van der Waals surface area contributed by atoms with Crippen molar-refractivity contribution in [3.05, 3.63) is 0 Å². The van der Waals surface area contributed by atoms with Crippen molar-refractivity contribution >= 4 is 5.91 Å². The summed E-state index contributed by atoms with van der Waals surface area (Å²) in [5.74, 6) is -0.318. The lowest BCUT2D eigenvalue weighted by Gasteiger charge is -2.14. The summed E-state index contributed by atoms with van der Waals surface area (Å²) >= 11 is 0. The van der Waals surface area contributed by atoms with Crippen LogP contribution in [-0.4, -0.2) is 44.9 Å². The van der Waals surface area contributed by atoms with Gasteiger partial charge in [-0.1, -0.05) is 6.92 Å². The predicted molar refractivity (Wildman–Crippen MR) is 63.2 cm³/mol. The van der Waals surface area contributed by atoms with E-state index in [2.05, 4.69) is 5.32 Å². The van der Waals surface area contributed by atoms with E-state index in [1.807, 2.05) is 13.8 Å². The highest BCUT2D eigenvalue weighted by atomic mass is 16.5. The standard InChI is InChI=1S/C11H24N2O3/c1-3-6-13-10(11(12)14)5-7-16-9-8-15-4-2/h10,13H,3-9H2,1-2H3,(H2,12,14). The number of hydrogen-bond donors (Lipinski definition) is 2. The van der Waals surface area contributed by atoms with Gasteiger partial charge in [0.25, 0.3) is 0 Å². The molecule has 0 aliphatic rings. The Labute approximate surface area is 97.7 Å². The summed E-state index contributed by atoms with van der Waals surface area (Å²) in [5, 5.41) is 3.09. The first-order valence-corrected chi connectivity index (χ1v) is 5.90. The lowest BCUT2D eigenvalue weighted by molar-refractivity contribution is -0.120. The molecule has 0 saturated carbocycles. The Bertz CT molecular complexity index is 177. The third-order valence-electron chi connectivity index (χ3n) is 2.11. The number of nitrogens with one attached hydrogen (secondary N) is 1. The van der Waals surface area contributed by atoms with Gasteiger partial charge in [-0.05, 0) is 26.3 Å². The van der Waals surface area contributed by atoms with Gasteiger partial charge in [0.05, 0.1) is 19.3 Å². The topological polar surface area (TPSA) is 73.6 Å². The van der Waals surface area contributed by atoms with Gasteiger partial charge in [0, 0.05) is 13.2 Å². The monoisotopic (exact) mass is 232 g/mol. The van der Waals surface area contributed by atoms with Gasteiger partial charge < -0.3 is 20.5 Å². The first kappa shape index (κ1) is 15.3. The Balaban J connectivity index is 3.48. The molecule has 0 aliphatic heterocycles. The predicted octanol–water partition coefficient (Wildman–Crippen LogP) is 0.283. The van der Waals surface area contributed by atoms with Crippen molar-refractivity contribution in [1.29, 1.82) is 0 Å². The van der Waals surface area contributed by atoms with E-state index >= 15 is 0 Å². The molecule has 0 fully saturated rings. The summed E-state index contributed by atoms with van der Waals surface area (Å²) in [7, 11) is 0. The summed E-state index contributed by atoms with van der Waals surface area (Å²) in [4.78, 5) is 11.1. The first-order chi connectivity index (χ1) is 7.72. The second-order valence-electron chi connectivity index (χ2n) is 3.51. The van der Waals surface area contributed by atoms with Crippen molar-refractivity contribution < 1.29 is 14.3 Å². The van der Waals surface area contributed by atoms with Crippen molar-refractivity contribution in [2.45, 2.75) is 32.7 Å². The minimum atomic E-state index is -0.318. The smallest absolute Gasteiger partial charge is 0.234 e. The van der Waals surface area contributed by atoms with Crippen molar-refractivity contribution in [2.75, 3.05) is 33.0 Å². The maximum Gasteiger partial charge on any atom is 0.234 e. The molecule has 0 saturated heterocycles. The average Bonchev–Trinajstić information content (AvgIpc) is 2.26. The number of nitrogens with two attached hydrogens (primary N) is 1. The fraction of sp³-hybridized carbons (Fsp3) is 0.909. The molecule has 0 bridgehead atoms. The van der Waals surface area contributed by atoms with Crippen molar-refractivity contribution in [1.82, 2.24) is 5.32 Å². The normalized spacial score (nSPS) is 12.6. The van der Waals surface area contributed by atoms with Crippen LogP contribution in [0.5, 0.6) is 0 Å². The van der Waals surface area contributed by atoms with Crippen LogP contribution in [0.3, 0.4) is 0 Å². The zero-order valence-electron chi connectivity index (χ0n) is 10.3. The summed E-state index contributed by atoms with van der Waals surface area (Å²) in [6.45, 7) is 7.17. The SMILES string of the molecule is CCCNC(CCOCCOCC)C(N)=O. The third kappa shape index (κ3) is 8.64. The van der Waals surface area contributed by atoms with Crippen LogP contribution in [0.15, 0.2) is 0 Å². The van der Waals surface area contributed by atoms with Gasteiger partial charge in [-0.2, -0.15) is 0 Å². The zero-order valence-corrected chi connectivity index (χ0v) is 10.3. The van der Waals surface area contributed by atoms with Crippen molar-refractivity contribution in [3.8, 4) is 0 Å². The maximum atomic E-state index is 11.1. The van der Waals surface area contributed by atoms with Crippen LogP contribution in [0.25, 0.3) is 0 Å². The van der Waals surface area contributed by atoms with Gasteiger partial charge >= 0.3 is 0 Å². The van der Waals surface area contributed by atoms with Crippen LogP contribution in [0.1, 0.15) is 26.7 Å². The molecule has 5 heteroatoms. The van der Waals surface area contributed by atoms with Gasteiger partial charge in [0.2, 0.25) is 5.91 Å². The molecular formula is C11H24N2O3. The van der Waals surface area contributed by atoms with Crippen LogP contribution in [0.4, 0.5) is 0 Å². The van der Waals surface area contributed by atoms with Crippen molar-refractivity contribution in [3.63, 3.8) is 0 Å². The van der Waals surface area contributed by atoms with Gasteiger partial charge in [0.1, 0.15) is 0 Å². The molecule has 0 aromatic heterocycles. The third-order valence-corrected chi connectivity index (χ3v) is 2.11. The minimum Gasteiger partial charge on any atom is -0.379 e. The number of primary amides is 1. The summed E-state index contributed by atoms with van der Waals surface area (Å²) in [6.07, 6.45) is 1.59. The van der Waals surface area contributed by atoms with Crippen LogP contribution < -0.4 is 11.1 Å². The molecule has 0 aromatic rings. The van der Waals surface area contributed by atoms with E-state index in [9.17, 15) is 4.79 Å².